The Balaban J connectivity index is 1.91. The smallest absolute Gasteiger partial charge is 0.129 e. The third-order valence-electron chi connectivity index (χ3n) is 4.26. The fourth-order valence-corrected chi connectivity index (χ4v) is 3.34. The minimum atomic E-state index is 0.391. The Morgan fingerprint density at radius 3 is 2.77 bits per heavy atom. The predicted octanol–water partition coefficient (Wildman–Crippen LogP) is 3.79. The number of benzene rings is 1. The highest BCUT2D eigenvalue weighted by molar-refractivity contribution is 6.30. The van der Waals surface area contributed by atoms with E-state index in [2.05, 4.69) is 53.1 Å². The number of hydrogen-bond acceptors (Lipinski definition) is 3. The molecule has 1 aliphatic rings. The Bertz CT molecular complexity index is 627. The van der Waals surface area contributed by atoms with Crippen molar-refractivity contribution in [1.82, 2.24) is 9.88 Å². The standard InChI is InChI=1S/C18H22ClN3/c1-21(2)11-12-22(18-5-3-4-10-20-18)17-9-6-14-13-15(19)7-8-16(14)17/h3-5,7-8,10,13,17H,6,9,11-12H2,1-2H3. The Kier molecular flexibility index (Phi) is 4.65. The van der Waals surface area contributed by atoms with Gasteiger partial charge >= 0.3 is 0 Å². The molecule has 0 spiro atoms. The molecule has 3 rings (SSSR count). The molecular formula is C18H22ClN3. The van der Waals surface area contributed by atoms with Crippen molar-refractivity contribution in [3.05, 3.63) is 58.7 Å². The number of likely N-dealkylation sites (N-methyl/N-ethyl adjacent to an activating group) is 1. The summed E-state index contributed by atoms with van der Waals surface area (Å²) in [6.07, 6.45) is 4.08. The minimum absolute atomic E-state index is 0.391. The average molecular weight is 316 g/mol. The summed E-state index contributed by atoms with van der Waals surface area (Å²) in [7, 11) is 4.22. The third kappa shape index (κ3) is 3.26. The third-order valence-corrected chi connectivity index (χ3v) is 4.49. The summed E-state index contributed by atoms with van der Waals surface area (Å²) in [5.41, 5.74) is 2.78. The van der Waals surface area contributed by atoms with Crippen LogP contribution in [-0.4, -0.2) is 37.1 Å². The fourth-order valence-electron chi connectivity index (χ4n) is 3.15. The maximum Gasteiger partial charge on any atom is 0.129 e. The Hall–Kier alpha value is -1.58. The normalized spacial score (nSPS) is 16.8. The molecule has 0 bridgehead atoms. The van der Waals surface area contributed by atoms with E-state index in [-0.39, 0.29) is 0 Å². The predicted molar refractivity (Wildman–Crippen MR) is 92.7 cm³/mol. The molecule has 116 valence electrons. The van der Waals surface area contributed by atoms with Gasteiger partial charge in [0.05, 0.1) is 6.04 Å². The molecule has 4 heteroatoms. The SMILES string of the molecule is CN(C)CCN(c1ccccn1)C1CCc2cc(Cl)ccc21. The highest BCUT2D eigenvalue weighted by atomic mass is 35.5. The van der Waals surface area contributed by atoms with Crippen LogP contribution in [0.25, 0.3) is 0 Å². The maximum absolute atomic E-state index is 6.14. The first-order valence-electron chi connectivity index (χ1n) is 7.76. The second kappa shape index (κ2) is 6.67. The number of aryl methyl sites for hydroxylation is 1. The number of halogens is 1. The van der Waals surface area contributed by atoms with Crippen LogP contribution in [0.5, 0.6) is 0 Å². The van der Waals surface area contributed by atoms with Gasteiger partial charge in [-0.2, -0.15) is 0 Å². The summed E-state index contributed by atoms with van der Waals surface area (Å²) >= 11 is 6.14. The molecule has 0 saturated heterocycles. The van der Waals surface area contributed by atoms with Crippen molar-refractivity contribution in [3.8, 4) is 0 Å². The van der Waals surface area contributed by atoms with Crippen molar-refractivity contribution in [2.45, 2.75) is 18.9 Å². The molecular weight excluding hydrogens is 294 g/mol. The lowest BCUT2D eigenvalue weighted by Crippen LogP contribution is -2.34. The molecule has 3 nitrogen and oxygen atoms in total. The Morgan fingerprint density at radius 1 is 1.18 bits per heavy atom. The van der Waals surface area contributed by atoms with Gasteiger partial charge in [-0.3, -0.25) is 0 Å². The number of nitrogens with zero attached hydrogens (tertiary/aromatic N) is 3. The van der Waals surface area contributed by atoms with Crippen LogP contribution in [0.3, 0.4) is 0 Å². The molecule has 2 aromatic rings. The molecule has 1 aliphatic carbocycles. The maximum atomic E-state index is 6.14. The first-order chi connectivity index (χ1) is 10.6. The largest absolute Gasteiger partial charge is 0.348 e. The van der Waals surface area contributed by atoms with E-state index in [1.165, 1.54) is 11.1 Å². The van der Waals surface area contributed by atoms with Crippen molar-refractivity contribution in [2.75, 3.05) is 32.1 Å². The first kappa shape index (κ1) is 15.3. The number of hydrogen-bond donors (Lipinski definition) is 0. The Labute approximate surface area is 137 Å². The van der Waals surface area contributed by atoms with Crippen LogP contribution >= 0.6 is 11.6 Å². The highest BCUT2D eigenvalue weighted by Crippen LogP contribution is 2.38. The van der Waals surface area contributed by atoms with E-state index in [4.69, 9.17) is 11.6 Å². The van der Waals surface area contributed by atoms with Gasteiger partial charge in [-0.05, 0) is 62.3 Å². The number of rotatable bonds is 5. The summed E-state index contributed by atoms with van der Waals surface area (Å²) < 4.78 is 0. The second-order valence-electron chi connectivity index (χ2n) is 6.08. The molecule has 22 heavy (non-hydrogen) atoms. The second-order valence-corrected chi connectivity index (χ2v) is 6.52. The summed E-state index contributed by atoms with van der Waals surface area (Å²) in [6.45, 7) is 1.98. The lowest BCUT2D eigenvalue weighted by Gasteiger charge is -2.32. The van der Waals surface area contributed by atoms with Crippen molar-refractivity contribution in [2.24, 2.45) is 0 Å². The van der Waals surface area contributed by atoms with E-state index in [1.54, 1.807) is 0 Å². The summed E-state index contributed by atoms with van der Waals surface area (Å²) in [5, 5.41) is 0.831. The summed E-state index contributed by atoms with van der Waals surface area (Å²) in [4.78, 5) is 9.22. The molecule has 0 saturated carbocycles. The van der Waals surface area contributed by atoms with Gasteiger partial charge in [0, 0.05) is 24.3 Å². The lowest BCUT2D eigenvalue weighted by molar-refractivity contribution is 0.403. The number of pyridine rings is 1. The summed E-state index contributed by atoms with van der Waals surface area (Å²) in [6, 6.07) is 12.8. The number of aromatic nitrogens is 1. The van der Waals surface area contributed by atoms with Crippen molar-refractivity contribution < 1.29 is 0 Å². The zero-order chi connectivity index (χ0) is 15.5. The molecule has 1 aromatic carbocycles. The summed E-state index contributed by atoms with van der Waals surface area (Å²) in [5.74, 6) is 1.05. The van der Waals surface area contributed by atoms with Crippen LogP contribution in [0, 0.1) is 0 Å². The van der Waals surface area contributed by atoms with Crippen molar-refractivity contribution >= 4 is 17.4 Å². The zero-order valence-corrected chi connectivity index (χ0v) is 13.9. The van der Waals surface area contributed by atoms with Gasteiger partial charge < -0.3 is 9.80 Å². The molecule has 0 N–H and O–H groups in total. The molecule has 0 aliphatic heterocycles. The molecule has 1 unspecified atom stereocenters. The van der Waals surface area contributed by atoms with Gasteiger partial charge in [-0.15, -0.1) is 0 Å². The van der Waals surface area contributed by atoms with Gasteiger partial charge in [0.1, 0.15) is 5.82 Å². The van der Waals surface area contributed by atoms with E-state index >= 15 is 0 Å². The minimum Gasteiger partial charge on any atom is -0.348 e. The van der Waals surface area contributed by atoms with E-state index in [0.717, 1.165) is 36.8 Å². The van der Waals surface area contributed by atoms with E-state index in [9.17, 15) is 0 Å². The van der Waals surface area contributed by atoms with Crippen LogP contribution in [-0.2, 0) is 6.42 Å². The van der Waals surface area contributed by atoms with Gasteiger partial charge in [0.25, 0.3) is 0 Å². The lowest BCUT2D eigenvalue weighted by atomic mass is 10.1. The quantitative estimate of drug-likeness (QED) is 0.837. The Morgan fingerprint density at radius 2 is 2.05 bits per heavy atom. The van der Waals surface area contributed by atoms with Crippen LogP contribution in [0.1, 0.15) is 23.6 Å². The van der Waals surface area contributed by atoms with Crippen LogP contribution in [0.2, 0.25) is 5.02 Å². The van der Waals surface area contributed by atoms with Gasteiger partial charge in [0.2, 0.25) is 0 Å². The molecule has 1 atom stereocenters. The van der Waals surface area contributed by atoms with Crippen molar-refractivity contribution in [3.63, 3.8) is 0 Å². The van der Waals surface area contributed by atoms with Crippen LogP contribution < -0.4 is 4.90 Å². The van der Waals surface area contributed by atoms with Gasteiger partial charge in [0.15, 0.2) is 0 Å². The average Bonchev–Trinajstić information content (AvgIpc) is 2.91. The van der Waals surface area contributed by atoms with E-state index < -0.39 is 0 Å². The molecule has 0 amide bonds. The topological polar surface area (TPSA) is 19.4 Å². The molecule has 1 aromatic heterocycles. The fraction of sp³-hybridized carbons (Fsp3) is 0.389. The number of anilines is 1. The molecule has 0 radical (unpaired) electrons. The first-order valence-corrected chi connectivity index (χ1v) is 8.13. The van der Waals surface area contributed by atoms with E-state index in [0.29, 0.717) is 6.04 Å². The van der Waals surface area contributed by atoms with Gasteiger partial charge in [-0.1, -0.05) is 23.7 Å². The van der Waals surface area contributed by atoms with E-state index in [1.807, 2.05) is 18.3 Å². The zero-order valence-electron chi connectivity index (χ0n) is 13.2. The van der Waals surface area contributed by atoms with Gasteiger partial charge in [-0.25, -0.2) is 4.98 Å². The van der Waals surface area contributed by atoms with Crippen molar-refractivity contribution in [1.29, 1.82) is 0 Å². The molecule has 1 heterocycles. The monoisotopic (exact) mass is 315 g/mol. The number of fused-ring (bicyclic) bond motifs is 1. The molecule has 0 fully saturated rings. The highest BCUT2D eigenvalue weighted by Gasteiger charge is 2.28. The van der Waals surface area contributed by atoms with Crippen LogP contribution in [0.15, 0.2) is 42.6 Å². The van der Waals surface area contributed by atoms with Crippen LogP contribution in [0.4, 0.5) is 5.82 Å².